The molecule has 1 saturated heterocycles. The highest BCUT2D eigenvalue weighted by Crippen LogP contribution is 2.42. The highest BCUT2D eigenvalue weighted by Gasteiger charge is 2.45. The normalized spacial score (nSPS) is 22.6. The molecule has 0 saturated carbocycles. The van der Waals surface area contributed by atoms with Crippen LogP contribution < -0.4 is 0 Å². The highest BCUT2D eigenvalue weighted by atomic mass is 79.9. The van der Waals surface area contributed by atoms with Gasteiger partial charge in [0.2, 0.25) is 0 Å². The topological polar surface area (TPSA) is 47.3 Å². The van der Waals surface area contributed by atoms with E-state index < -0.39 is 0 Å². The minimum Gasteiger partial charge on any atom is -0.269 e. The highest BCUT2D eigenvalue weighted by molar-refractivity contribution is 9.10. The van der Waals surface area contributed by atoms with Crippen molar-refractivity contribution in [3.05, 3.63) is 69.7 Å². The molecule has 0 unspecified atom stereocenters. The SMILES string of the molecule is N#C[C@@H]1CN(C(=O)c2ccccc2)N2CCc3cc(Br)ccc3[C@@H]12. The average molecular weight is 382 g/mol. The first-order chi connectivity index (χ1) is 11.7. The summed E-state index contributed by atoms with van der Waals surface area (Å²) in [7, 11) is 0. The first-order valence-electron chi connectivity index (χ1n) is 8.00. The quantitative estimate of drug-likeness (QED) is 0.758. The van der Waals surface area contributed by atoms with Crippen molar-refractivity contribution in [2.24, 2.45) is 5.92 Å². The van der Waals surface area contributed by atoms with Crippen molar-refractivity contribution in [1.82, 2.24) is 10.0 Å². The smallest absolute Gasteiger partial charge is 0.268 e. The largest absolute Gasteiger partial charge is 0.269 e. The number of rotatable bonds is 1. The Morgan fingerprint density at radius 1 is 1.21 bits per heavy atom. The number of hydrazine groups is 1. The Bertz CT molecular complexity index is 830. The first kappa shape index (κ1) is 15.4. The molecule has 2 aliphatic heterocycles. The van der Waals surface area contributed by atoms with Crippen molar-refractivity contribution in [2.45, 2.75) is 12.5 Å². The lowest BCUT2D eigenvalue weighted by Crippen LogP contribution is -2.45. The fraction of sp³-hybridized carbons (Fsp3) is 0.263. The van der Waals surface area contributed by atoms with Gasteiger partial charge in [0.05, 0.1) is 24.6 Å². The number of benzene rings is 2. The van der Waals surface area contributed by atoms with E-state index in [0.717, 1.165) is 17.4 Å². The van der Waals surface area contributed by atoms with Gasteiger partial charge in [-0.25, -0.2) is 5.01 Å². The van der Waals surface area contributed by atoms with E-state index in [2.05, 4.69) is 39.1 Å². The average Bonchev–Trinajstić information content (AvgIpc) is 3.00. The van der Waals surface area contributed by atoms with E-state index in [4.69, 9.17) is 0 Å². The molecule has 4 nitrogen and oxygen atoms in total. The number of halogens is 1. The van der Waals surface area contributed by atoms with Crippen molar-refractivity contribution < 1.29 is 4.79 Å². The third kappa shape index (κ3) is 2.43. The Morgan fingerprint density at radius 2 is 2.00 bits per heavy atom. The minimum atomic E-state index is -0.210. The molecule has 4 rings (SSSR count). The minimum absolute atomic E-state index is 0.0288. The van der Waals surface area contributed by atoms with E-state index in [-0.39, 0.29) is 17.9 Å². The summed E-state index contributed by atoms with van der Waals surface area (Å²) in [5.74, 6) is -0.239. The molecular weight excluding hydrogens is 366 g/mol. The second-order valence-corrected chi connectivity index (χ2v) is 7.11. The third-order valence-corrected chi connectivity index (χ3v) is 5.33. The Balaban J connectivity index is 1.71. The van der Waals surface area contributed by atoms with Gasteiger partial charge in [0.25, 0.3) is 5.91 Å². The van der Waals surface area contributed by atoms with Gasteiger partial charge < -0.3 is 0 Å². The van der Waals surface area contributed by atoms with Crippen molar-refractivity contribution in [3.8, 4) is 6.07 Å². The van der Waals surface area contributed by atoms with Crippen LogP contribution in [-0.4, -0.2) is 29.0 Å². The molecule has 2 aliphatic rings. The van der Waals surface area contributed by atoms with Crippen LogP contribution in [0.4, 0.5) is 0 Å². The van der Waals surface area contributed by atoms with Gasteiger partial charge >= 0.3 is 0 Å². The van der Waals surface area contributed by atoms with Gasteiger partial charge in [-0.1, -0.05) is 40.2 Å². The number of amides is 1. The summed E-state index contributed by atoms with van der Waals surface area (Å²) in [5, 5.41) is 13.5. The van der Waals surface area contributed by atoms with Crippen LogP contribution in [0.5, 0.6) is 0 Å². The van der Waals surface area contributed by atoms with Gasteiger partial charge in [0.1, 0.15) is 0 Å². The molecule has 2 aromatic carbocycles. The zero-order chi connectivity index (χ0) is 16.7. The first-order valence-corrected chi connectivity index (χ1v) is 8.80. The zero-order valence-corrected chi connectivity index (χ0v) is 14.6. The van der Waals surface area contributed by atoms with Crippen molar-refractivity contribution >= 4 is 21.8 Å². The predicted molar refractivity (Wildman–Crippen MR) is 93.9 cm³/mol. The summed E-state index contributed by atoms with van der Waals surface area (Å²) in [6.07, 6.45) is 0.877. The van der Waals surface area contributed by atoms with Gasteiger partial charge in [-0.3, -0.25) is 9.80 Å². The van der Waals surface area contributed by atoms with E-state index in [1.54, 1.807) is 5.01 Å². The van der Waals surface area contributed by atoms with Crippen molar-refractivity contribution in [2.75, 3.05) is 13.1 Å². The van der Waals surface area contributed by atoms with Crippen molar-refractivity contribution in [3.63, 3.8) is 0 Å². The molecule has 2 aromatic rings. The van der Waals surface area contributed by atoms with E-state index in [1.165, 1.54) is 11.1 Å². The van der Waals surface area contributed by atoms with Crippen LogP contribution in [-0.2, 0) is 6.42 Å². The summed E-state index contributed by atoms with van der Waals surface area (Å²) >= 11 is 3.52. The maximum Gasteiger partial charge on any atom is 0.268 e. The van der Waals surface area contributed by atoms with Crippen LogP contribution >= 0.6 is 15.9 Å². The maximum atomic E-state index is 12.9. The number of hydrogen-bond donors (Lipinski definition) is 0. The third-order valence-electron chi connectivity index (χ3n) is 4.84. The maximum absolute atomic E-state index is 12.9. The van der Waals surface area contributed by atoms with Crippen LogP contribution in [0, 0.1) is 17.2 Å². The van der Waals surface area contributed by atoms with Gasteiger partial charge in [-0.05, 0) is 41.8 Å². The van der Waals surface area contributed by atoms with E-state index in [0.29, 0.717) is 12.1 Å². The Morgan fingerprint density at radius 3 is 2.75 bits per heavy atom. The fourth-order valence-corrected chi connectivity index (χ4v) is 4.15. The molecule has 1 amide bonds. The molecule has 24 heavy (non-hydrogen) atoms. The molecule has 0 aromatic heterocycles. The Kier molecular flexibility index (Phi) is 3.87. The summed E-state index contributed by atoms with van der Waals surface area (Å²) in [5.41, 5.74) is 3.09. The molecule has 0 aliphatic carbocycles. The lowest BCUT2D eigenvalue weighted by atomic mass is 9.88. The zero-order valence-electron chi connectivity index (χ0n) is 13.0. The van der Waals surface area contributed by atoms with Crippen LogP contribution in [0.25, 0.3) is 0 Å². The number of carbonyl (C=O) groups is 1. The number of carbonyl (C=O) groups excluding carboxylic acids is 1. The summed E-state index contributed by atoms with van der Waals surface area (Å²) < 4.78 is 1.05. The molecular formula is C19H16BrN3O. The molecule has 5 heteroatoms. The molecule has 0 N–H and O–H groups in total. The Hall–Kier alpha value is -2.16. The summed E-state index contributed by atoms with van der Waals surface area (Å²) in [6.45, 7) is 1.20. The molecule has 0 spiro atoms. The standard InChI is InChI=1S/C19H16BrN3O/c20-16-6-7-17-14(10-16)8-9-22-18(17)15(11-21)12-23(22)19(24)13-4-2-1-3-5-13/h1-7,10,15,18H,8-9,12H2/t15-,18-/m1/s1. The second kappa shape index (κ2) is 6.04. The van der Waals surface area contributed by atoms with Crippen molar-refractivity contribution in [1.29, 1.82) is 5.26 Å². The van der Waals surface area contributed by atoms with Crippen LogP contribution in [0.1, 0.15) is 27.5 Å². The second-order valence-electron chi connectivity index (χ2n) is 6.19. The molecule has 1 fully saturated rings. The number of nitriles is 1. The number of nitrogens with zero attached hydrogens (tertiary/aromatic N) is 3. The lowest BCUT2D eigenvalue weighted by Gasteiger charge is -2.37. The van der Waals surface area contributed by atoms with Gasteiger partial charge in [0.15, 0.2) is 0 Å². The Labute approximate surface area is 149 Å². The van der Waals surface area contributed by atoms with Crippen LogP contribution in [0.3, 0.4) is 0 Å². The monoisotopic (exact) mass is 381 g/mol. The van der Waals surface area contributed by atoms with Gasteiger partial charge in [-0.2, -0.15) is 5.26 Å². The summed E-state index contributed by atoms with van der Waals surface area (Å²) in [4.78, 5) is 12.9. The van der Waals surface area contributed by atoms with Crippen LogP contribution in [0.2, 0.25) is 0 Å². The number of hydrogen-bond acceptors (Lipinski definition) is 3. The predicted octanol–water partition coefficient (Wildman–Crippen LogP) is 3.56. The number of fused-ring (bicyclic) bond motifs is 3. The van der Waals surface area contributed by atoms with Gasteiger partial charge in [0, 0.05) is 16.6 Å². The van der Waals surface area contributed by atoms with Gasteiger partial charge in [-0.15, -0.1) is 0 Å². The van der Waals surface area contributed by atoms with E-state index >= 15 is 0 Å². The fourth-order valence-electron chi connectivity index (χ4n) is 3.74. The van der Waals surface area contributed by atoms with Crippen LogP contribution in [0.15, 0.2) is 53.0 Å². The lowest BCUT2D eigenvalue weighted by molar-refractivity contribution is -0.000476. The molecule has 0 radical (unpaired) electrons. The molecule has 2 atom stereocenters. The molecule has 2 heterocycles. The summed E-state index contributed by atoms with van der Waals surface area (Å²) in [6, 6.07) is 17.9. The molecule has 120 valence electrons. The van der Waals surface area contributed by atoms with E-state index in [9.17, 15) is 10.1 Å². The van der Waals surface area contributed by atoms with E-state index in [1.807, 2.05) is 36.4 Å². The molecule has 0 bridgehead atoms.